The van der Waals surface area contributed by atoms with Crippen molar-refractivity contribution in [2.75, 3.05) is 13.6 Å². The standard InChI is InChI=1S/C14H25N3S/c1-11(2)17-7-5-4-6-12(17)8-14-16-10-13(18-14)9-15-3/h10-12,15H,4-9H2,1-3H3. The van der Waals surface area contributed by atoms with Crippen molar-refractivity contribution in [1.29, 1.82) is 0 Å². The third kappa shape index (κ3) is 3.53. The van der Waals surface area contributed by atoms with Crippen LogP contribution in [0.3, 0.4) is 0 Å². The number of hydrogen-bond acceptors (Lipinski definition) is 4. The van der Waals surface area contributed by atoms with Crippen LogP contribution in [-0.2, 0) is 13.0 Å². The Labute approximate surface area is 115 Å². The minimum absolute atomic E-state index is 0.659. The highest BCUT2D eigenvalue weighted by molar-refractivity contribution is 7.11. The number of piperidine rings is 1. The minimum Gasteiger partial charge on any atom is -0.315 e. The molecule has 2 heterocycles. The maximum Gasteiger partial charge on any atom is 0.0943 e. The summed E-state index contributed by atoms with van der Waals surface area (Å²) in [7, 11) is 1.99. The first-order valence-corrected chi connectivity index (χ1v) is 7.86. The van der Waals surface area contributed by atoms with Crippen molar-refractivity contribution >= 4 is 11.3 Å². The molecule has 3 nitrogen and oxygen atoms in total. The molecule has 102 valence electrons. The molecule has 1 unspecified atom stereocenters. The second-order valence-electron chi connectivity index (χ2n) is 5.44. The fraction of sp³-hybridized carbons (Fsp3) is 0.786. The summed E-state index contributed by atoms with van der Waals surface area (Å²) >= 11 is 1.86. The second kappa shape index (κ2) is 6.64. The molecule has 1 atom stereocenters. The fourth-order valence-electron chi connectivity index (χ4n) is 2.82. The number of nitrogens with zero attached hydrogens (tertiary/aromatic N) is 2. The van der Waals surface area contributed by atoms with E-state index in [1.54, 1.807) is 0 Å². The summed E-state index contributed by atoms with van der Waals surface area (Å²) in [6.45, 7) is 6.83. The van der Waals surface area contributed by atoms with Gasteiger partial charge in [0.2, 0.25) is 0 Å². The zero-order valence-corrected chi connectivity index (χ0v) is 12.6. The van der Waals surface area contributed by atoms with Gasteiger partial charge in [-0.2, -0.15) is 0 Å². The highest BCUT2D eigenvalue weighted by Crippen LogP contribution is 2.24. The van der Waals surface area contributed by atoms with Gasteiger partial charge in [0.15, 0.2) is 0 Å². The predicted molar refractivity (Wildman–Crippen MR) is 78.1 cm³/mol. The molecule has 0 radical (unpaired) electrons. The number of aromatic nitrogens is 1. The van der Waals surface area contributed by atoms with Crippen molar-refractivity contribution < 1.29 is 0 Å². The number of rotatable bonds is 5. The van der Waals surface area contributed by atoms with Gasteiger partial charge in [0, 0.05) is 36.1 Å². The molecule has 1 aromatic heterocycles. The number of thiazole rings is 1. The summed E-state index contributed by atoms with van der Waals surface area (Å²) in [4.78, 5) is 8.58. The Morgan fingerprint density at radius 3 is 3.06 bits per heavy atom. The molecule has 0 aliphatic carbocycles. The van der Waals surface area contributed by atoms with Crippen LogP contribution in [0.1, 0.15) is 43.0 Å². The van der Waals surface area contributed by atoms with E-state index in [1.807, 2.05) is 24.6 Å². The first-order chi connectivity index (χ1) is 8.70. The Bertz CT molecular complexity index is 362. The maximum absolute atomic E-state index is 4.57. The average molecular weight is 267 g/mol. The lowest BCUT2D eigenvalue weighted by Crippen LogP contribution is -2.44. The maximum atomic E-state index is 4.57. The third-order valence-corrected chi connectivity index (χ3v) is 4.72. The van der Waals surface area contributed by atoms with E-state index >= 15 is 0 Å². The molecule has 1 aliphatic rings. The summed E-state index contributed by atoms with van der Waals surface area (Å²) < 4.78 is 0. The lowest BCUT2D eigenvalue weighted by molar-refractivity contribution is 0.111. The Morgan fingerprint density at radius 1 is 1.50 bits per heavy atom. The van der Waals surface area contributed by atoms with E-state index in [0.717, 1.165) is 13.0 Å². The molecule has 4 heteroatoms. The summed E-state index contributed by atoms with van der Waals surface area (Å²) in [6, 6.07) is 1.36. The van der Waals surface area contributed by atoms with Crippen molar-refractivity contribution in [3.05, 3.63) is 16.1 Å². The van der Waals surface area contributed by atoms with Crippen LogP contribution in [0.25, 0.3) is 0 Å². The molecule has 1 aliphatic heterocycles. The zero-order chi connectivity index (χ0) is 13.0. The normalized spacial score (nSPS) is 21.7. The molecule has 0 saturated carbocycles. The van der Waals surface area contributed by atoms with Crippen LogP contribution in [0.5, 0.6) is 0 Å². The van der Waals surface area contributed by atoms with E-state index in [1.165, 1.54) is 35.7 Å². The Kier molecular flexibility index (Phi) is 5.15. The van der Waals surface area contributed by atoms with Gasteiger partial charge in [-0.1, -0.05) is 6.42 Å². The second-order valence-corrected chi connectivity index (χ2v) is 6.64. The zero-order valence-electron chi connectivity index (χ0n) is 11.8. The van der Waals surface area contributed by atoms with Crippen LogP contribution in [0.4, 0.5) is 0 Å². The summed E-state index contributed by atoms with van der Waals surface area (Å²) in [5.41, 5.74) is 0. The van der Waals surface area contributed by atoms with Crippen molar-refractivity contribution in [2.45, 2.75) is 58.2 Å². The van der Waals surface area contributed by atoms with E-state index in [9.17, 15) is 0 Å². The molecule has 1 aromatic rings. The van der Waals surface area contributed by atoms with Crippen molar-refractivity contribution in [3.8, 4) is 0 Å². The SMILES string of the molecule is CNCc1cnc(CC2CCCCN2C(C)C)s1. The van der Waals surface area contributed by atoms with Gasteiger partial charge in [0.1, 0.15) is 0 Å². The molecular weight excluding hydrogens is 242 g/mol. The van der Waals surface area contributed by atoms with Crippen LogP contribution < -0.4 is 5.32 Å². The Hall–Kier alpha value is -0.450. The molecule has 18 heavy (non-hydrogen) atoms. The van der Waals surface area contributed by atoms with Gasteiger partial charge in [-0.25, -0.2) is 4.98 Å². The van der Waals surface area contributed by atoms with Gasteiger partial charge >= 0.3 is 0 Å². The molecule has 2 rings (SSSR count). The van der Waals surface area contributed by atoms with Gasteiger partial charge in [0.25, 0.3) is 0 Å². The molecule has 1 fully saturated rings. The minimum atomic E-state index is 0.659. The predicted octanol–water partition coefficient (Wildman–Crippen LogP) is 2.67. The van der Waals surface area contributed by atoms with Crippen LogP contribution in [-0.4, -0.2) is 35.6 Å². The molecule has 1 saturated heterocycles. The Balaban J connectivity index is 1.97. The van der Waals surface area contributed by atoms with E-state index in [4.69, 9.17) is 0 Å². The summed E-state index contributed by atoms with van der Waals surface area (Å²) in [5.74, 6) is 0. The number of hydrogen-bond donors (Lipinski definition) is 1. The number of likely N-dealkylation sites (tertiary alicyclic amines) is 1. The highest BCUT2D eigenvalue weighted by Gasteiger charge is 2.25. The quantitative estimate of drug-likeness (QED) is 0.889. The van der Waals surface area contributed by atoms with Crippen LogP contribution in [0.2, 0.25) is 0 Å². The van der Waals surface area contributed by atoms with Crippen LogP contribution >= 0.6 is 11.3 Å². The third-order valence-electron chi connectivity index (χ3n) is 3.70. The topological polar surface area (TPSA) is 28.2 Å². The highest BCUT2D eigenvalue weighted by atomic mass is 32.1. The fourth-order valence-corrected chi connectivity index (χ4v) is 3.83. The molecule has 1 N–H and O–H groups in total. The van der Waals surface area contributed by atoms with Gasteiger partial charge in [-0.05, 0) is 40.3 Å². The Morgan fingerprint density at radius 2 is 2.33 bits per heavy atom. The largest absolute Gasteiger partial charge is 0.315 e. The van der Waals surface area contributed by atoms with Gasteiger partial charge in [-0.3, -0.25) is 4.90 Å². The van der Waals surface area contributed by atoms with E-state index in [2.05, 4.69) is 29.0 Å². The van der Waals surface area contributed by atoms with Crippen LogP contribution in [0.15, 0.2) is 6.20 Å². The summed E-state index contributed by atoms with van der Waals surface area (Å²) in [6.07, 6.45) is 7.23. The molecular formula is C14H25N3S. The van der Waals surface area contributed by atoms with Crippen LogP contribution in [0, 0.1) is 0 Å². The molecule has 0 bridgehead atoms. The number of nitrogens with one attached hydrogen (secondary N) is 1. The monoisotopic (exact) mass is 267 g/mol. The van der Waals surface area contributed by atoms with E-state index < -0.39 is 0 Å². The lowest BCUT2D eigenvalue weighted by Gasteiger charge is -2.38. The molecule has 0 aromatic carbocycles. The van der Waals surface area contributed by atoms with Gasteiger partial charge in [-0.15, -0.1) is 11.3 Å². The van der Waals surface area contributed by atoms with Crippen molar-refractivity contribution in [3.63, 3.8) is 0 Å². The molecule has 0 amide bonds. The molecule has 0 spiro atoms. The van der Waals surface area contributed by atoms with E-state index in [-0.39, 0.29) is 0 Å². The first kappa shape index (κ1) is 14.0. The first-order valence-electron chi connectivity index (χ1n) is 7.04. The van der Waals surface area contributed by atoms with E-state index in [0.29, 0.717) is 12.1 Å². The lowest BCUT2D eigenvalue weighted by atomic mass is 9.98. The van der Waals surface area contributed by atoms with Gasteiger partial charge in [0.05, 0.1) is 5.01 Å². The summed E-state index contributed by atoms with van der Waals surface area (Å²) in [5, 5.41) is 4.49. The smallest absolute Gasteiger partial charge is 0.0943 e. The van der Waals surface area contributed by atoms with Crippen molar-refractivity contribution in [1.82, 2.24) is 15.2 Å². The van der Waals surface area contributed by atoms with Crippen molar-refractivity contribution in [2.24, 2.45) is 0 Å². The average Bonchev–Trinajstić information content (AvgIpc) is 2.77. The van der Waals surface area contributed by atoms with Gasteiger partial charge < -0.3 is 5.32 Å².